The molecule has 5 heteroatoms. The first-order valence-electron chi connectivity index (χ1n) is 6.68. The molecule has 21 heavy (non-hydrogen) atoms. The number of pyridine rings is 1. The van der Waals surface area contributed by atoms with E-state index in [-0.39, 0.29) is 5.82 Å². The van der Waals surface area contributed by atoms with Crippen LogP contribution in [0.15, 0.2) is 47.3 Å². The average molecular weight is 302 g/mol. The molecule has 1 aromatic carbocycles. The first-order valence-corrected chi connectivity index (χ1v) is 7.63. The number of thiophene rings is 1. The van der Waals surface area contributed by atoms with Crippen molar-refractivity contribution in [1.29, 1.82) is 0 Å². The molecule has 0 bridgehead atoms. The van der Waals surface area contributed by atoms with Crippen molar-refractivity contribution >= 4 is 22.2 Å². The van der Waals surface area contributed by atoms with Gasteiger partial charge in [-0.1, -0.05) is 6.07 Å². The Morgan fingerprint density at radius 3 is 3.00 bits per heavy atom. The van der Waals surface area contributed by atoms with Gasteiger partial charge in [0.15, 0.2) is 0 Å². The molecule has 0 saturated carbocycles. The minimum absolute atomic E-state index is 0.264. The minimum atomic E-state index is -0.532. The predicted molar refractivity (Wildman–Crippen MR) is 82.7 cm³/mol. The smallest absolute Gasteiger partial charge is 0.132 e. The van der Waals surface area contributed by atoms with Crippen LogP contribution in [0.2, 0.25) is 0 Å². The summed E-state index contributed by atoms with van der Waals surface area (Å²) in [4.78, 5) is 4.25. The first-order chi connectivity index (χ1) is 10.3. The maximum Gasteiger partial charge on any atom is 0.132 e. The van der Waals surface area contributed by atoms with E-state index >= 15 is 0 Å². The highest BCUT2D eigenvalue weighted by atomic mass is 32.1. The Labute approximate surface area is 126 Å². The number of nitrogens with zero attached hydrogens (tertiary/aromatic N) is 1. The van der Waals surface area contributed by atoms with Crippen LogP contribution in [0.5, 0.6) is 0 Å². The second-order valence-corrected chi connectivity index (χ2v) is 5.59. The number of hydrogen-bond acceptors (Lipinski definition) is 4. The van der Waals surface area contributed by atoms with Crippen LogP contribution in [0.1, 0.15) is 17.2 Å². The number of aliphatic hydroxyl groups excluding tert-OH is 1. The van der Waals surface area contributed by atoms with E-state index in [4.69, 9.17) is 0 Å². The van der Waals surface area contributed by atoms with Gasteiger partial charge >= 0.3 is 0 Å². The molecule has 0 aliphatic carbocycles. The second kappa shape index (κ2) is 6.30. The van der Waals surface area contributed by atoms with Gasteiger partial charge in [0, 0.05) is 24.7 Å². The zero-order valence-electron chi connectivity index (χ0n) is 11.3. The number of nitrogens with one attached hydrogen (secondary N) is 1. The molecule has 3 nitrogen and oxygen atoms in total. The van der Waals surface area contributed by atoms with Gasteiger partial charge in [0.25, 0.3) is 0 Å². The lowest BCUT2D eigenvalue weighted by Gasteiger charge is -2.11. The molecule has 3 rings (SSSR count). The van der Waals surface area contributed by atoms with Crippen LogP contribution in [0.25, 0.3) is 10.9 Å². The van der Waals surface area contributed by atoms with Gasteiger partial charge in [-0.2, -0.15) is 11.3 Å². The number of benzene rings is 1. The second-order valence-electron chi connectivity index (χ2n) is 4.81. The molecule has 0 aliphatic heterocycles. The van der Waals surface area contributed by atoms with Crippen LogP contribution < -0.4 is 5.32 Å². The molecule has 2 aromatic heterocycles. The van der Waals surface area contributed by atoms with Crippen molar-refractivity contribution in [2.75, 3.05) is 6.54 Å². The lowest BCUT2D eigenvalue weighted by Crippen LogP contribution is -2.21. The molecular weight excluding hydrogens is 287 g/mol. The topological polar surface area (TPSA) is 45.1 Å². The average Bonchev–Trinajstić information content (AvgIpc) is 3.04. The molecule has 108 valence electrons. The third kappa shape index (κ3) is 3.10. The molecule has 0 fully saturated rings. The summed E-state index contributed by atoms with van der Waals surface area (Å²) in [6.07, 6.45) is 1.13. The highest BCUT2D eigenvalue weighted by Crippen LogP contribution is 2.20. The molecule has 0 spiro atoms. The number of rotatable bonds is 5. The van der Waals surface area contributed by atoms with Gasteiger partial charge in [0.2, 0.25) is 0 Å². The van der Waals surface area contributed by atoms with E-state index in [1.165, 1.54) is 6.07 Å². The normalized spacial score (nSPS) is 12.7. The monoisotopic (exact) mass is 302 g/mol. The van der Waals surface area contributed by atoms with Gasteiger partial charge < -0.3 is 10.4 Å². The Hall–Kier alpha value is -1.82. The van der Waals surface area contributed by atoms with E-state index < -0.39 is 6.10 Å². The molecule has 0 saturated heterocycles. The number of hydrogen-bond donors (Lipinski definition) is 2. The van der Waals surface area contributed by atoms with Crippen molar-refractivity contribution in [3.8, 4) is 0 Å². The van der Waals surface area contributed by atoms with E-state index in [2.05, 4.69) is 10.3 Å². The van der Waals surface area contributed by atoms with Gasteiger partial charge in [-0.05, 0) is 46.2 Å². The lowest BCUT2D eigenvalue weighted by atomic mass is 10.1. The van der Waals surface area contributed by atoms with E-state index in [0.29, 0.717) is 24.0 Å². The zero-order valence-corrected chi connectivity index (χ0v) is 12.1. The maximum absolute atomic E-state index is 13.7. The SMILES string of the molecule is OC(CNCc1ccc(F)c2cccnc12)c1ccsc1. The van der Waals surface area contributed by atoms with E-state index in [1.54, 1.807) is 35.7 Å². The Balaban J connectivity index is 1.70. The van der Waals surface area contributed by atoms with E-state index in [0.717, 1.165) is 11.1 Å². The Morgan fingerprint density at radius 1 is 1.29 bits per heavy atom. The summed E-state index contributed by atoms with van der Waals surface area (Å²) in [5.74, 6) is -0.264. The van der Waals surface area contributed by atoms with Gasteiger partial charge in [-0.15, -0.1) is 0 Å². The van der Waals surface area contributed by atoms with Crippen LogP contribution in [-0.2, 0) is 6.54 Å². The van der Waals surface area contributed by atoms with Gasteiger partial charge in [0.1, 0.15) is 5.82 Å². The zero-order chi connectivity index (χ0) is 14.7. The highest BCUT2D eigenvalue weighted by Gasteiger charge is 2.09. The standard InChI is InChI=1S/C16H15FN2OS/c17-14-4-3-11(16-13(14)2-1-6-19-16)8-18-9-15(20)12-5-7-21-10-12/h1-7,10,15,18,20H,8-9H2. The third-order valence-corrected chi connectivity index (χ3v) is 4.08. The summed E-state index contributed by atoms with van der Waals surface area (Å²) in [6.45, 7) is 0.984. The highest BCUT2D eigenvalue weighted by molar-refractivity contribution is 7.07. The summed E-state index contributed by atoms with van der Waals surface area (Å²) in [5.41, 5.74) is 2.49. The molecule has 1 atom stereocenters. The van der Waals surface area contributed by atoms with Crippen molar-refractivity contribution in [3.63, 3.8) is 0 Å². The number of fused-ring (bicyclic) bond motifs is 1. The van der Waals surface area contributed by atoms with Crippen LogP contribution in [0, 0.1) is 5.82 Å². The Bertz CT molecular complexity index is 730. The molecule has 0 radical (unpaired) electrons. The Kier molecular flexibility index (Phi) is 4.24. The summed E-state index contributed by atoms with van der Waals surface area (Å²) in [7, 11) is 0. The summed E-state index contributed by atoms with van der Waals surface area (Å²) in [6, 6.07) is 8.54. The largest absolute Gasteiger partial charge is 0.387 e. The van der Waals surface area contributed by atoms with Gasteiger partial charge in [0.05, 0.1) is 11.6 Å². The van der Waals surface area contributed by atoms with Crippen molar-refractivity contribution in [2.45, 2.75) is 12.6 Å². The van der Waals surface area contributed by atoms with Crippen molar-refractivity contribution in [2.24, 2.45) is 0 Å². The van der Waals surface area contributed by atoms with Crippen LogP contribution in [-0.4, -0.2) is 16.6 Å². The van der Waals surface area contributed by atoms with Crippen molar-refractivity contribution in [3.05, 3.63) is 64.2 Å². The quantitative estimate of drug-likeness (QED) is 0.760. The molecular formula is C16H15FN2OS. The Morgan fingerprint density at radius 2 is 2.19 bits per heavy atom. The van der Waals surface area contributed by atoms with Crippen molar-refractivity contribution < 1.29 is 9.50 Å². The number of halogens is 1. The van der Waals surface area contributed by atoms with Crippen LogP contribution >= 0.6 is 11.3 Å². The van der Waals surface area contributed by atoms with E-state index in [9.17, 15) is 9.50 Å². The van der Waals surface area contributed by atoms with E-state index in [1.807, 2.05) is 16.8 Å². The predicted octanol–water partition coefficient (Wildman–Crippen LogP) is 3.26. The summed E-state index contributed by atoms with van der Waals surface area (Å²) >= 11 is 1.56. The molecule has 2 N–H and O–H groups in total. The fourth-order valence-corrected chi connectivity index (χ4v) is 2.97. The van der Waals surface area contributed by atoms with Crippen molar-refractivity contribution in [1.82, 2.24) is 10.3 Å². The third-order valence-electron chi connectivity index (χ3n) is 3.38. The summed E-state index contributed by atoms with van der Waals surface area (Å²) in [5, 5.41) is 17.6. The molecule has 0 amide bonds. The maximum atomic E-state index is 13.7. The molecule has 1 unspecified atom stereocenters. The lowest BCUT2D eigenvalue weighted by molar-refractivity contribution is 0.175. The van der Waals surface area contributed by atoms with Crippen LogP contribution in [0.4, 0.5) is 4.39 Å². The first kappa shape index (κ1) is 14.1. The minimum Gasteiger partial charge on any atom is -0.387 e. The number of aliphatic hydroxyl groups is 1. The fourth-order valence-electron chi connectivity index (χ4n) is 2.27. The fraction of sp³-hybridized carbons (Fsp3) is 0.188. The van der Waals surface area contributed by atoms with Gasteiger partial charge in [-0.25, -0.2) is 4.39 Å². The molecule has 0 aliphatic rings. The molecule has 3 aromatic rings. The van der Waals surface area contributed by atoms with Crippen LogP contribution in [0.3, 0.4) is 0 Å². The molecule has 2 heterocycles. The summed E-state index contributed by atoms with van der Waals surface area (Å²) < 4.78 is 13.7. The van der Waals surface area contributed by atoms with Gasteiger partial charge in [-0.3, -0.25) is 4.98 Å². The number of aromatic nitrogens is 1.